The molecule has 7 nitrogen and oxygen atoms in total. The Hall–Kier alpha value is -2.18. The number of esters is 1. The van der Waals surface area contributed by atoms with Gasteiger partial charge in [-0.25, -0.2) is 4.79 Å². The highest BCUT2D eigenvalue weighted by Gasteiger charge is 2.27. The molecule has 2 unspecified atom stereocenters. The largest absolute Gasteiger partial charge is 0.450 e. The van der Waals surface area contributed by atoms with Gasteiger partial charge in [-0.1, -0.05) is 19.8 Å². The van der Waals surface area contributed by atoms with Crippen molar-refractivity contribution in [2.24, 2.45) is 13.0 Å². The van der Waals surface area contributed by atoms with Crippen LogP contribution in [0.5, 0.6) is 0 Å². The minimum absolute atomic E-state index is 0.114. The number of ketones is 1. The lowest BCUT2D eigenvalue weighted by molar-refractivity contribution is -0.144. The molecule has 1 amide bonds. The SMILES string of the molecule is Cc1nn(C)c(C)c1C(=O)C(=O)OCC(=O)NC1CCCCC1C. The third kappa shape index (κ3) is 4.01. The maximum absolute atomic E-state index is 12.2. The van der Waals surface area contributed by atoms with E-state index < -0.39 is 18.4 Å². The number of carbonyl (C=O) groups excluding carboxylic acids is 3. The van der Waals surface area contributed by atoms with Gasteiger partial charge in [0.25, 0.3) is 11.7 Å². The molecule has 0 aliphatic heterocycles. The quantitative estimate of drug-likeness (QED) is 0.500. The fourth-order valence-corrected chi connectivity index (χ4v) is 3.18. The van der Waals surface area contributed by atoms with Crippen LogP contribution in [0.2, 0.25) is 0 Å². The number of hydrogen-bond donors (Lipinski definition) is 1. The monoisotopic (exact) mass is 335 g/mol. The minimum Gasteiger partial charge on any atom is -0.450 e. The zero-order valence-corrected chi connectivity index (χ0v) is 14.7. The number of amides is 1. The third-order valence-corrected chi connectivity index (χ3v) is 4.71. The van der Waals surface area contributed by atoms with Crippen molar-refractivity contribution in [2.75, 3.05) is 6.61 Å². The lowest BCUT2D eigenvalue weighted by Crippen LogP contribution is -2.43. The fraction of sp³-hybridized carbons (Fsp3) is 0.647. The van der Waals surface area contributed by atoms with Gasteiger partial charge >= 0.3 is 5.97 Å². The average molecular weight is 335 g/mol. The summed E-state index contributed by atoms with van der Waals surface area (Å²) in [5.74, 6) is -1.74. The van der Waals surface area contributed by atoms with Crippen molar-refractivity contribution >= 4 is 17.7 Å². The second-order valence-corrected chi connectivity index (χ2v) is 6.51. The van der Waals surface area contributed by atoms with Gasteiger partial charge in [-0.2, -0.15) is 5.10 Å². The van der Waals surface area contributed by atoms with Crippen molar-refractivity contribution in [3.8, 4) is 0 Å². The Morgan fingerprint density at radius 2 is 1.92 bits per heavy atom. The van der Waals surface area contributed by atoms with Crippen LogP contribution in [0.25, 0.3) is 0 Å². The van der Waals surface area contributed by atoms with E-state index in [0.29, 0.717) is 17.3 Å². The van der Waals surface area contributed by atoms with Crippen molar-refractivity contribution in [1.29, 1.82) is 0 Å². The molecule has 1 heterocycles. The van der Waals surface area contributed by atoms with E-state index in [4.69, 9.17) is 4.74 Å². The molecule has 1 aliphatic rings. The van der Waals surface area contributed by atoms with Crippen LogP contribution in [0, 0.1) is 19.8 Å². The molecule has 1 aromatic heterocycles. The smallest absolute Gasteiger partial charge is 0.380 e. The van der Waals surface area contributed by atoms with E-state index >= 15 is 0 Å². The summed E-state index contributed by atoms with van der Waals surface area (Å²) < 4.78 is 6.41. The van der Waals surface area contributed by atoms with Crippen LogP contribution in [-0.4, -0.2) is 40.1 Å². The Kier molecular flexibility index (Phi) is 5.75. The Bertz CT molecular complexity index is 651. The van der Waals surface area contributed by atoms with E-state index in [1.807, 2.05) is 0 Å². The molecule has 1 N–H and O–H groups in total. The summed E-state index contributed by atoms with van der Waals surface area (Å²) >= 11 is 0. The summed E-state index contributed by atoms with van der Waals surface area (Å²) in [6.07, 6.45) is 4.30. The van der Waals surface area contributed by atoms with Crippen molar-refractivity contribution in [1.82, 2.24) is 15.1 Å². The number of nitrogens with zero attached hydrogens (tertiary/aromatic N) is 2. The molecule has 132 valence electrons. The first-order valence-electron chi connectivity index (χ1n) is 8.32. The Morgan fingerprint density at radius 3 is 2.50 bits per heavy atom. The molecule has 2 rings (SSSR count). The van der Waals surface area contributed by atoms with Gasteiger partial charge in [0.05, 0.1) is 11.3 Å². The van der Waals surface area contributed by atoms with E-state index in [1.165, 1.54) is 11.1 Å². The molecule has 2 atom stereocenters. The maximum atomic E-state index is 12.2. The second kappa shape index (κ2) is 7.59. The summed E-state index contributed by atoms with van der Waals surface area (Å²) in [5.41, 5.74) is 1.30. The van der Waals surface area contributed by atoms with E-state index in [0.717, 1.165) is 19.3 Å². The van der Waals surface area contributed by atoms with Crippen LogP contribution < -0.4 is 5.32 Å². The molecule has 0 spiro atoms. The highest BCUT2D eigenvalue weighted by Crippen LogP contribution is 2.23. The number of Topliss-reactive ketones (excluding diaryl/α,β-unsaturated/α-hetero) is 1. The van der Waals surface area contributed by atoms with Crippen molar-refractivity contribution in [3.63, 3.8) is 0 Å². The van der Waals surface area contributed by atoms with Gasteiger partial charge in [0, 0.05) is 18.8 Å². The molecule has 7 heteroatoms. The van der Waals surface area contributed by atoms with Gasteiger partial charge < -0.3 is 10.1 Å². The number of aryl methyl sites for hydroxylation is 2. The molecule has 1 fully saturated rings. The molecule has 24 heavy (non-hydrogen) atoms. The van der Waals surface area contributed by atoms with Gasteiger partial charge in [0.2, 0.25) is 0 Å². The average Bonchev–Trinajstić information content (AvgIpc) is 2.79. The summed E-state index contributed by atoms with van der Waals surface area (Å²) in [4.78, 5) is 36.1. The molecule has 1 saturated carbocycles. The molecular weight excluding hydrogens is 310 g/mol. The molecule has 0 radical (unpaired) electrons. The summed E-state index contributed by atoms with van der Waals surface area (Å²) in [7, 11) is 1.70. The van der Waals surface area contributed by atoms with Gasteiger partial charge in [-0.05, 0) is 32.6 Å². The summed E-state index contributed by atoms with van der Waals surface area (Å²) in [5, 5.41) is 6.99. The number of nitrogens with one attached hydrogen (secondary N) is 1. The highest BCUT2D eigenvalue weighted by atomic mass is 16.5. The first-order valence-corrected chi connectivity index (χ1v) is 8.32. The standard InChI is InChI=1S/C17H25N3O4/c1-10-7-5-6-8-13(10)18-14(21)9-24-17(23)16(22)15-11(2)19-20(4)12(15)3/h10,13H,5-9H2,1-4H3,(H,18,21). The number of carbonyl (C=O) groups is 3. The molecule has 0 aromatic carbocycles. The van der Waals surface area contributed by atoms with E-state index in [-0.39, 0.29) is 17.5 Å². The Morgan fingerprint density at radius 1 is 1.25 bits per heavy atom. The zero-order valence-electron chi connectivity index (χ0n) is 14.7. The van der Waals surface area contributed by atoms with Crippen LogP contribution >= 0.6 is 0 Å². The van der Waals surface area contributed by atoms with Gasteiger partial charge in [-0.15, -0.1) is 0 Å². The number of ether oxygens (including phenoxy) is 1. The van der Waals surface area contributed by atoms with E-state index in [1.54, 1.807) is 20.9 Å². The van der Waals surface area contributed by atoms with Crippen LogP contribution in [0.4, 0.5) is 0 Å². The number of rotatable bonds is 5. The van der Waals surface area contributed by atoms with Gasteiger partial charge in [0.1, 0.15) is 0 Å². The zero-order chi connectivity index (χ0) is 17.9. The summed E-state index contributed by atoms with van der Waals surface area (Å²) in [6.45, 7) is 5.03. The molecule has 1 aromatic rings. The Balaban J connectivity index is 1.88. The lowest BCUT2D eigenvalue weighted by atomic mass is 9.86. The lowest BCUT2D eigenvalue weighted by Gasteiger charge is -2.29. The minimum atomic E-state index is -1.03. The number of hydrogen-bond acceptors (Lipinski definition) is 5. The summed E-state index contributed by atoms with van der Waals surface area (Å²) in [6, 6.07) is 0.114. The van der Waals surface area contributed by atoms with Gasteiger partial charge in [0.15, 0.2) is 6.61 Å². The second-order valence-electron chi connectivity index (χ2n) is 6.51. The Labute approximate surface area is 141 Å². The molecular formula is C17H25N3O4. The van der Waals surface area contributed by atoms with E-state index in [2.05, 4.69) is 17.3 Å². The van der Waals surface area contributed by atoms with Crippen LogP contribution in [0.3, 0.4) is 0 Å². The third-order valence-electron chi connectivity index (χ3n) is 4.71. The van der Waals surface area contributed by atoms with Crippen molar-refractivity contribution in [2.45, 2.75) is 52.5 Å². The van der Waals surface area contributed by atoms with Gasteiger partial charge in [-0.3, -0.25) is 14.3 Å². The molecule has 0 bridgehead atoms. The maximum Gasteiger partial charge on any atom is 0.380 e. The fourth-order valence-electron chi connectivity index (χ4n) is 3.18. The van der Waals surface area contributed by atoms with Crippen molar-refractivity contribution < 1.29 is 19.1 Å². The molecule has 1 aliphatic carbocycles. The highest BCUT2D eigenvalue weighted by molar-refractivity contribution is 6.41. The van der Waals surface area contributed by atoms with Crippen LogP contribution in [-0.2, 0) is 21.4 Å². The normalized spacial score (nSPS) is 20.5. The van der Waals surface area contributed by atoms with E-state index in [9.17, 15) is 14.4 Å². The van der Waals surface area contributed by atoms with Crippen molar-refractivity contribution in [3.05, 3.63) is 17.0 Å². The number of aromatic nitrogens is 2. The van der Waals surface area contributed by atoms with Crippen LogP contribution in [0.15, 0.2) is 0 Å². The predicted octanol–water partition coefficient (Wildman–Crippen LogP) is 1.46. The topological polar surface area (TPSA) is 90.3 Å². The first-order chi connectivity index (χ1) is 11.3. The predicted molar refractivity (Wildman–Crippen MR) is 87.5 cm³/mol. The molecule has 0 saturated heterocycles. The first kappa shape index (κ1) is 18.2. The van der Waals surface area contributed by atoms with Crippen LogP contribution in [0.1, 0.15) is 54.4 Å².